The number of nitrogen functional groups attached to an aromatic ring is 1. The zero-order valence-electron chi connectivity index (χ0n) is 12.5. The molecule has 0 saturated heterocycles. The minimum Gasteiger partial charge on any atom is -0.382 e. The van der Waals surface area contributed by atoms with Crippen LogP contribution in [0.4, 0.5) is 10.9 Å². The number of thiazole rings is 1. The summed E-state index contributed by atoms with van der Waals surface area (Å²) in [5, 5.41) is 3.56. The standard InChI is InChI=1S/C13H21N5O2S/c1-4-17(2)13-16-11(14)10(21-13)12(20)18(3)7-9(19)15-8-5-6-8/h8H,4-7,14H2,1-3H3,(H,15,19). The summed E-state index contributed by atoms with van der Waals surface area (Å²) in [4.78, 5) is 31.9. The summed E-state index contributed by atoms with van der Waals surface area (Å²) in [6, 6.07) is 0.291. The number of hydrogen-bond acceptors (Lipinski definition) is 6. The van der Waals surface area contributed by atoms with E-state index in [4.69, 9.17) is 5.73 Å². The Morgan fingerprint density at radius 3 is 2.67 bits per heavy atom. The molecule has 0 aliphatic heterocycles. The Balaban J connectivity index is 2.00. The van der Waals surface area contributed by atoms with Crippen molar-refractivity contribution in [3.8, 4) is 0 Å². The van der Waals surface area contributed by atoms with Crippen molar-refractivity contribution >= 4 is 34.1 Å². The van der Waals surface area contributed by atoms with Gasteiger partial charge in [-0.25, -0.2) is 4.98 Å². The van der Waals surface area contributed by atoms with Gasteiger partial charge in [0.25, 0.3) is 5.91 Å². The summed E-state index contributed by atoms with van der Waals surface area (Å²) in [6.07, 6.45) is 2.05. The minimum atomic E-state index is -0.272. The molecule has 2 rings (SSSR count). The Morgan fingerprint density at radius 2 is 2.10 bits per heavy atom. The topological polar surface area (TPSA) is 91.6 Å². The van der Waals surface area contributed by atoms with Crippen LogP contribution in [-0.2, 0) is 4.79 Å². The second kappa shape index (κ2) is 6.30. The molecule has 0 aromatic carbocycles. The molecule has 21 heavy (non-hydrogen) atoms. The molecule has 0 radical (unpaired) electrons. The number of likely N-dealkylation sites (N-methyl/N-ethyl adjacent to an activating group) is 1. The molecular formula is C13H21N5O2S. The molecule has 8 heteroatoms. The van der Waals surface area contributed by atoms with Gasteiger partial charge in [0.1, 0.15) is 10.7 Å². The van der Waals surface area contributed by atoms with Gasteiger partial charge in [-0.05, 0) is 19.8 Å². The van der Waals surface area contributed by atoms with Crippen molar-refractivity contribution in [2.75, 3.05) is 37.8 Å². The van der Waals surface area contributed by atoms with Crippen LogP contribution in [0.5, 0.6) is 0 Å². The first-order valence-corrected chi connectivity index (χ1v) is 7.76. The largest absolute Gasteiger partial charge is 0.382 e. The van der Waals surface area contributed by atoms with Gasteiger partial charge in [-0.15, -0.1) is 0 Å². The Kier molecular flexibility index (Phi) is 4.66. The van der Waals surface area contributed by atoms with Crippen LogP contribution in [-0.4, -0.2) is 54.9 Å². The van der Waals surface area contributed by atoms with Crippen LogP contribution in [0.1, 0.15) is 29.4 Å². The average molecular weight is 311 g/mol. The van der Waals surface area contributed by atoms with Crippen molar-refractivity contribution in [1.82, 2.24) is 15.2 Å². The lowest BCUT2D eigenvalue weighted by molar-refractivity contribution is -0.121. The molecule has 1 saturated carbocycles. The maximum atomic E-state index is 12.3. The molecule has 0 atom stereocenters. The summed E-state index contributed by atoms with van der Waals surface area (Å²) in [5.41, 5.74) is 5.82. The predicted molar refractivity (Wildman–Crippen MR) is 83.6 cm³/mol. The van der Waals surface area contributed by atoms with Crippen molar-refractivity contribution in [2.45, 2.75) is 25.8 Å². The summed E-state index contributed by atoms with van der Waals surface area (Å²) in [7, 11) is 3.48. The first-order valence-electron chi connectivity index (χ1n) is 6.94. The molecule has 0 spiro atoms. The molecule has 1 aliphatic rings. The molecule has 1 heterocycles. The first kappa shape index (κ1) is 15.6. The molecule has 116 valence electrons. The van der Waals surface area contributed by atoms with Gasteiger partial charge in [-0.2, -0.15) is 0 Å². The second-order valence-electron chi connectivity index (χ2n) is 5.23. The van der Waals surface area contributed by atoms with Crippen LogP contribution in [0, 0.1) is 0 Å². The maximum Gasteiger partial charge on any atom is 0.268 e. The lowest BCUT2D eigenvalue weighted by Crippen LogP contribution is -2.39. The lowest BCUT2D eigenvalue weighted by Gasteiger charge is -2.16. The van der Waals surface area contributed by atoms with E-state index in [1.807, 2.05) is 18.9 Å². The van der Waals surface area contributed by atoms with Crippen LogP contribution >= 0.6 is 11.3 Å². The van der Waals surface area contributed by atoms with Gasteiger partial charge < -0.3 is 20.9 Å². The summed E-state index contributed by atoms with van der Waals surface area (Å²) < 4.78 is 0. The van der Waals surface area contributed by atoms with Gasteiger partial charge in [0.15, 0.2) is 5.13 Å². The van der Waals surface area contributed by atoms with Crippen LogP contribution in [0.25, 0.3) is 0 Å². The third-order valence-corrected chi connectivity index (χ3v) is 4.48. The molecule has 0 unspecified atom stereocenters. The van der Waals surface area contributed by atoms with Crippen molar-refractivity contribution in [2.24, 2.45) is 0 Å². The highest BCUT2D eigenvalue weighted by Gasteiger charge is 2.26. The Labute approximate surface area is 128 Å². The number of rotatable bonds is 6. The molecule has 3 N–H and O–H groups in total. The number of nitrogens with zero attached hydrogens (tertiary/aromatic N) is 3. The highest BCUT2D eigenvalue weighted by Crippen LogP contribution is 2.28. The van der Waals surface area contributed by atoms with Crippen molar-refractivity contribution in [3.63, 3.8) is 0 Å². The fraction of sp³-hybridized carbons (Fsp3) is 0.615. The lowest BCUT2D eigenvalue weighted by atomic mass is 10.4. The third-order valence-electron chi connectivity index (χ3n) is 3.31. The molecule has 1 aromatic rings. The van der Waals surface area contributed by atoms with E-state index in [0.29, 0.717) is 16.1 Å². The number of anilines is 2. The Bertz CT molecular complexity index is 541. The first-order chi connectivity index (χ1) is 9.92. The van der Waals surface area contributed by atoms with E-state index in [9.17, 15) is 9.59 Å². The fourth-order valence-corrected chi connectivity index (χ4v) is 2.74. The van der Waals surface area contributed by atoms with Gasteiger partial charge in [-0.3, -0.25) is 9.59 Å². The zero-order chi connectivity index (χ0) is 15.6. The predicted octanol–water partition coefficient (Wildman–Crippen LogP) is 0.532. The number of nitrogens with one attached hydrogen (secondary N) is 1. The van der Waals surface area contributed by atoms with Gasteiger partial charge in [0, 0.05) is 26.7 Å². The average Bonchev–Trinajstić information content (AvgIpc) is 3.16. The Hall–Kier alpha value is -1.83. The normalized spacial score (nSPS) is 13.9. The van der Waals surface area contributed by atoms with Crippen molar-refractivity contribution in [1.29, 1.82) is 0 Å². The van der Waals surface area contributed by atoms with Crippen LogP contribution in [0.15, 0.2) is 0 Å². The van der Waals surface area contributed by atoms with E-state index in [1.165, 1.54) is 16.2 Å². The van der Waals surface area contributed by atoms with E-state index < -0.39 is 0 Å². The molecule has 1 fully saturated rings. The SMILES string of the molecule is CCN(C)c1nc(N)c(C(=O)N(C)CC(=O)NC2CC2)s1. The van der Waals surface area contributed by atoms with Gasteiger partial charge >= 0.3 is 0 Å². The third kappa shape index (κ3) is 3.84. The maximum absolute atomic E-state index is 12.3. The fourth-order valence-electron chi connectivity index (χ4n) is 1.73. The number of carbonyl (C=O) groups excluding carboxylic acids is 2. The smallest absolute Gasteiger partial charge is 0.268 e. The van der Waals surface area contributed by atoms with Crippen LogP contribution in [0.3, 0.4) is 0 Å². The highest BCUT2D eigenvalue weighted by atomic mass is 32.1. The number of carbonyl (C=O) groups is 2. The summed E-state index contributed by atoms with van der Waals surface area (Å²) in [5.74, 6) is -0.191. The second-order valence-corrected chi connectivity index (χ2v) is 6.21. The number of aromatic nitrogens is 1. The molecule has 1 aromatic heterocycles. The van der Waals surface area contributed by atoms with E-state index in [-0.39, 0.29) is 24.2 Å². The van der Waals surface area contributed by atoms with Gasteiger partial charge in [-0.1, -0.05) is 11.3 Å². The molecule has 0 bridgehead atoms. The summed E-state index contributed by atoms with van der Waals surface area (Å²) in [6.45, 7) is 2.80. The monoisotopic (exact) mass is 311 g/mol. The molecule has 1 aliphatic carbocycles. The molecule has 2 amide bonds. The molecular weight excluding hydrogens is 290 g/mol. The van der Waals surface area contributed by atoms with Gasteiger partial charge in [0.05, 0.1) is 6.54 Å². The number of nitrogens with two attached hydrogens (primary N) is 1. The van der Waals surface area contributed by atoms with E-state index in [2.05, 4.69) is 10.3 Å². The minimum absolute atomic E-state index is 0.0334. The van der Waals surface area contributed by atoms with Crippen molar-refractivity contribution < 1.29 is 9.59 Å². The number of amides is 2. The van der Waals surface area contributed by atoms with Gasteiger partial charge in [0.2, 0.25) is 5.91 Å². The van der Waals surface area contributed by atoms with Crippen LogP contribution in [0.2, 0.25) is 0 Å². The highest BCUT2D eigenvalue weighted by molar-refractivity contribution is 7.18. The summed E-state index contributed by atoms with van der Waals surface area (Å²) >= 11 is 1.25. The zero-order valence-corrected chi connectivity index (χ0v) is 13.4. The van der Waals surface area contributed by atoms with E-state index >= 15 is 0 Å². The number of hydrogen-bond donors (Lipinski definition) is 2. The van der Waals surface area contributed by atoms with Crippen molar-refractivity contribution in [3.05, 3.63) is 4.88 Å². The molecule has 7 nitrogen and oxygen atoms in total. The quantitative estimate of drug-likeness (QED) is 0.800. The van der Waals surface area contributed by atoms with E-state index in [0.717, 1.165) is 19.4 Å². The van der Waals surface area contributed by atoms with Crippen LogP contribution < -0.4 is 16.0 Å². The van der Waals surface area contributed by atoms with E-state index in [1.54, 1.807) is 7.05 Å². The Morgan fingerprint density at radius 1 is 1.43 bits per heavy atom.